The first-order valence-corrected chi connectivity index (χ1v) is 14.8. The fourth-order valence-corrected chi connectivity index (χ4v) is 5.34. The summed E-state index contributed by atoms with van der Waals surface area (Å²) in [5.74, 6) is -0.114. The number of benzene rings is 3. The number of carbonyl (C=O) groups is 1. The lowest BCUT2D eigenvalue weighted by atomic mass is 10.1. The normalized spacial score (nSPS) is 15.1. The van der Waals surface area contributed by atoms with Crippen LogP contribution in [0.5, 0.6) is 11.6 Å². The summed E-state index contributed by atoms with van der Waals surface area (Å²) in [6, 6.07) is 20.3. The van der Waals surface area contributed by atoms with Crippen LogP contribution in [-0.4, -0.2) is 63.7 Å². The number of amides is 1. The van der Waals surface area contributed by atoms with Crippen LogP contribution in [0.15, 0.2) is 79.1 Å². The highest BCUT2D eigenvalue weighted by atomic mass is 19.1. The zero-order valence-corrected chi connectivity index (χ0v) is 25.6. The Morgan fingerprint density at radius 2 is 1.84 bits per heavy atom. The van der Waals surface area contributed by atoms with Crippen molar-refractivity contribution in [3.8, 4) is 22.9 Å². The summed E-state index contributed by atoms with van der Waals surface area (Å²) >= 11 is 0. The Labute approximate surface area is 261 Å². The summed E-state index contributed by atoms with van der Waals surface area (Å²) in [6.45, 7) is 8.36. The smallest absolute Gasteiger partial charge is 0.262 e. The molecule has 1 aliphatic heterocycles. The van der Waals surface area contributed by atoms with Crippen LogP contribution in [0.1, 0.15) is 28.4 Å². The third-order valence-corrected chi connectivity index (χ3v) is 8.07. The van der Waals surface area contributed by atoms with E-state index in [4.69, 9.17) is 4.74 Å². The van der Waals surface area contributed by atoms with Crippen LogP contribution in [0.2, 0.25) is 0 Å². The van der Waals surface area contributed by atoms with Crippen LogP contribution in [-0.2, 0) is 0 Å². The van der Waals surface area contributed by atoms with E-state index in [9.17, 15) is 4.79 Å². The molecule has 3 aromatic carbocycles. The van der Waals surface area contributed by atoms with Gasteiger partial charge in [-0.15, -0.1) is 0 Å². The minimum Gasteiger partial charge on any atom is -0.438 e. The van der Waals surface area contributed by atoms with Crippen molar-refractivity contribution in [3.05, 3.63) is 102 Å². The standard InChI is InChI=1S/C34H35FN8O2/c1-21-7-5-8-22(2)31(21)39-32(44)27-19-36-34(40-33(27)45-26-10-6-9-24(17-26)29-13-14-37-41-29)38-25-11-12-30(28(35)18-25)43-16-15-42(4)23(3)20-43/h5-14,17-19,23H,15-16,20H2,1-4H3,(H,37,41)(H,39,44)(H,36,38,40). The van der Waals surface area contributed by atoms with Crippen molar-refractivity contribution < 1.29 is 13.9 Å². The van der Waals surface area contributed by atoms with Crippen molar-refractivity contribution in [2.24, 2.45) is 0 Å². The summed E-state index contributed by atoms with van der Waals surface area (Å²) < 4.78 is 21.5. The first-order valence-electron chi connectivity index (χ1n) is 14.8. The molecular formula is C34H35FN8O2. The van der Waals surface area contributed by atoms with E-state index >= 15 is 4.39 Å². The maximum absolute atomic E-state index is 15.3. The summed E-state index contributed by atoms with van der Waals surface area (Å²) in [5.41, 5.74) is 5.29. The minimum absolute atomic E-state index is 0.0407. The largest absolute Gasteiger partial charge is 0.438 e. The van der Waals surface area contributed by atoms with Crippen molar-refractivity contribution in [2.75, 3.05) is 42.2 Å². The molecule has 0 aliphatic carbocycles. The quantitative estimate of drug-likeness (QED) is 0.182. The number of para-hydroxylation sites is 1. The van der Waals surface area contributed by atoms with Crippen LogP contribution in [0.25, 0.3) is 11.3 Å². The van der Waals surface area contributed by atoms with Gasteiger partial charge in [-0.3, -0.25) is 9.89 Å². The molecule has 45 heavy (non-hydrogen) atoms. The van der Waals surface area contributed by atoms with Crippen LogP contribution < -0.4 is 20.3 Å². The van der Waals surface area contributed by atoms with Crippen LogP contribution in [0.3, 0.4) is 0 Å². The first-order chi connectivity index (χ1) is 21.7. The SMILES string of the molecule is Cc1cccc(C)c1NC(=O)c1cnc(Nc2ccc(N3CCN(C)C(C)C3)c(F)c2)nc1Oc1cccc(-c2cc[nH]n2)c1. The Bertz CT molecular complexity index is 1810. The van der Waals surface area contributed by atoms with E-state index in [1.54, 1.807) is 24.4 Å². The molecule has 3 N–H and O–H groups in total. The molecule has 0 spiro atoms. The van der Waals surface area contributed by atoms with Gasteiger partial charge in [0.15, 0.2) is 0 Å². The number of halogens is 1. The van der Waals surface area contributed by atoms with Gasteiger partial charge in [0, 0.05) is 55.0 Å². The van der Waals surface area contributed by atoms with Gasteiger partial charge >= 0.3 is 0 Å². The summed E-state index contributed by atoms with van der Waals surface area (Å²) in [6.07, 6.45) is 3.14. The summed E-state index contributed by atoms with van der Waals surface area (Å²) in [7, 11) is 2.08. The lowest BCUT2D eigenvalue weighted by Gasteiger charge is -2.39. The highest BCUT2D eigenvalue weighted by Gasteiger charge is 2.23. The second-order valence-electron chi connectivity index (χ2n) is 11.3. The average Bonchev–Trinajstić information content (AvgIpc) is 3.56. The van der Waals surface area contributed by atoms with E-state index in [1.165, 1.54) is 12.3 Å². The zero-order chi connectivity index (χ0) is 31.5. The van der Waals surface area contributed by atoms with Crippen LogP contribution in [0, 0.1) is 19.7 Å². The van der Waals surface area contributed by atoms with E-state index in [0.717, 1.165) is 42.0 Å². The van der Waals surface area contributed by atoms with E-state index in [0.29, 0.717) is 28.9 Å². The molecule has 10 nitrogen and oxygen atoms in total. The molecule has 1 unspecified atom stereocenters. The van der Waals surface area contributed by atoms with Gasteiger partial charge in [0.05, 0.1) is 11.4 Å². The fourth-order valence-electron chi connectivity index (χ4n) is 5.34. The molecule has 1 aliphatic rings. The lowest BCUT2D eigenvalue weighted by molar-refractivity contribution is 0.102. The number of carbonyl (C=O) groups excluding carboxylic acids is 1. The van der Waals surface area contributed by atoms with Gasteiger partial charge in [-0.05, 0) is 75.3 Å². The molecule has 0 radical (unpaired) electrons. The van der Waals surface area contributed by atoms with Gasteiger partial charge in [-0.1, -0.05) is 30.3 Å². The number of H-pyrrole nitrogens is 1. The monoisotopic (exact) mass is 606 g/mol. The maximum atomic E-state index is 15.3. The Kier molecular flexibility index (Phi) is 8.43. The van der Waals surface area contributed by atoms with Crippen molar-refractivity contribution in [1.82, 2.24) is 25.1 Å². The molecule has 6 rings (SSSR count). The first kappa shape index (κ1) is 29.8. The number of nitrogens with one attached hydrogen (secondary N) is 3. The van der Waals surface area contributed by atoms with Crippen molar-refractivity contribution in [1.29, 1.82) is 0 Å². The number of aryl methyl sites for hydroxylation is 2. The number of aromatic nitrogens is 4. The molecule has 1 fully saturated rings. The highest BCUT2D eigenvalue weighted by Crippen LogP contribution is 2.31. The molecule has 5 aromatic rings. The van der Waals surface area contributed by atoms with Gasteiger partial charge in [0.2, 0.25) is 11.8 Å². The lowest BCUT2D eigenvalue weighted by Crippen LogP contribution is -2.50. The molecule has 11 heteroatoms. The molecule has 3 heterocycles. The second-order valence-corrected chi connectivity index (χ2v) is 11.3. The highest BCUT2D eigenvalue weighted by molar-refractivity contribution is 6.06. The summed E-state index contributed by atoms with van der Waals surface area (Å²) in [4.78, 5) is 26.8. The van der Waals surface area contributed by atoms with Crippen LogP contribution >= 0.6 is 0 Å². The molecule has 0 saturated carbocycles. The number of hydrogen-bond acceptors (Lipinski definition) is 8. The Morgan fingerprint density at radius 3 is 2.58 bits per heavy atom. The Balaban J connectivity index is 1.29. The predicted octanol–water partition coefficient (Wildman–Crippen LogP) is 6.55. The number of likely N-dealkylation sites (N-methyl/N-ethyl adjacent to an activating group) is 1. The van der Waals surface area contributed by atoms with Gasteiger partial charge in [0.1, 0.15) is 17.1 Å². The molecule has 0 bridgehead atoms. The topological polar surface area (TPSA) is 111 Å². The molecule has 1 atom stereocenters. The minimum atomic E-state index is -0.422. The third kappa shape index (κ3) is 6.63. The molecule has 2 aromatic heterocycles. The zero-order valence-electron chi connectivity index (χ0n) is 25.6. The van der Waals surface area contributed by atoms with E-state index in [-0.39, 0.29) is 23.2 Å². The summed E-state index contributed by atoms with van der Waals surface area (Å²) in [5, 5.41) is 13.1. The van der Waals surface area contributed by atoms with E-state index in [1.807, 2.05) is 56.3 Å². The van der Waals surface area contributed by atoms with Crippen molar-refractivity contribution in [3.63, 3.8) is 0 Å². The third-order valence-electron chi connectivity index (χ3n) is 8.07. The molecular weight excluding hydrogens is 571 g/mol. The van der Waals surface area contributed by atoms with E-state index in [2.05, 4.69) is 54.6 Å². The number of rotatable bonds is 8. The number of hydrogen-bond donors (Lipinski definition) is 3. The second kappa shape index (κ2) is 12.7. The molecule has 230 valence electrons. The Morgan fingerprint density at radius 1 is 1.04 bits per heavy atom. The van der Waals surface area contributed by atoms with Gasteiger partial charge in [0.25, 0.3) is 5.91 Å². The predicted molar refractivity (Wildman–Crippen MR) is 174 cm³/mol. The van der Waals surface area contributed by atoms with Crippen LogP contribution in [0.4, 0.5) is 27.4 Å². The van der Waals surface area contributed by atoms with Gasteiger partial charge in [-0.2, -0.15) is 10.1 Å². The van der Waals surface area contributed by atoms with Crippen molar-refractivity contribution >= 4 is 28.9 Å². The average molecular weight is 607 g/mol. The fraction of sp³-hybridized carbons (Fsp3) is 0.235. The Hall–Kier alpha value is -5.29. The molecule has 1 amide bonds. The number of anilines is 4. The number of piperazine rings is 1. The molecule has 1 saturated heterocycles. The van der Waals surface area contributed by atoms with Crippen molar-refractivity contribution in [2.45, 2.75) is 26.8 Å². The maximum Gasteiger partial charge on any atom is 0.262 e. The van der Waals surface area contributed by atoms with Gasteiger partial charge in [-0.25, -0.2) is 9.37 Å². The van der Waals surface area contributed by atoms with E-state index < -0.39 is 5.91 Å². The number of nitrogens with zero attached hydrogens (tertiary/aromatic N) is 5. The number of aromatic amines is 1. The van der Waals surface area contributed by atoms with Gasteiger partial charge < -0.3 is 25.2 Å². The number of ether oxygens (including phenoxy) is 1.